The maximum atomic E-state index is 10.8. The third-order valence-electron chi connectivity index (χ3n) is 1.84. The molecular formula is C8H16INO2. The molecule has 0 heterocycles. The van der Waals surface area contributed by atoms with Gasteiger partial charge in [0.1, 0.15) is 0 Å². The van der Waals surface area contributed by atoms with Crippen molar-refractivity contribution >= 4 is 26.5 Å². The first-order chi connectivity index (χ1) is 5.61. The van der Waals surface area contributed by atoms with Gasteiger partial charge >= 0.3 is 0 Å². The maximum absolute atomic E-state index is 10.8. The Morgan fingerprint density at radius 3 is 2.58 bits per heavy atom. The zero-order valence-corrected chi connectivity index (χ0v) is 9.92. The van der Waals surface area contributed by atoms with Crippen molar-refractivity contribution in [2.75, 3.05) is 7.11 Å². The molecule has 0 unspecified atom stereocenters. The predicted octanol–water partition coefficient (Wildman–Crippen LogP) is 2.33. The fourth-order valence-electron chi connectivity index (χ4n) is 1.05. The fraction of sp³-hybridized carbons (Fsp3) is 0.875. The normalized spacial score (nSPS) is 15.3. The molecule has 72 valence electrons. The molecule has 0 aliphatic rings. The molecule has 4 heteroatoms. The van der Waals surface area contributed by atoms with E-state index in [4.69, 9.17) is 4.74 Å². The molecule has 0 aliphatic carbocycles. The largest absolute Gasteiger partial charge is 0.380 e. The van der Waals surface area contributed by atoms with E-state index < -0.39 is 0 Å². The Balaban J connectivity index is 3.93. The molecule has 12 heavy (non-hydrogen) atoms. The second-order valence-electron chi connectivity index (χ2n) is 2.75. The van der Waals surface area contributed by atoms with Crippen LogP contribution in [-0.2, 0) is 4.74 Å². The van der Waals surface area contributed by atoms with Crippen molar-refractivity contribution in [3.8, 4) is 0 Å². The van der Waals surface area contributed by atoms with Crippen LogP contribution in [-0.4, -0.2) is 23.2 Å². The van der Waals surface area contributed by atoms with Gasteiger partial charge in [0, 0.05) is 29.7 Å². The standard InChI is InChI=1S/C8H16INO2/c1-4-5-7(6(2)12-3)10-8(9)11/h6-7H,4-5H2,1-3H3,(H,10,11)/t6-,7-/m1/s1. The summed E-state index contributed by atoms with van der Waals surface area (Å²) in [5.74, 6) is 0. The van der Waals surface area contributed by atoms with Crippen molar-refractivity contribution in [2.24, 2.45) is 0 Å². The summed E-state index contributed by atoms with van der Waals surface area (Å²) in [5.41, 5.74) is 0. The third kappa shape index (κ3) is 4.92. The molecule has 0 saturated heterocycles. The monoisotopic (exact) mass is 285 g/mol. The summed E-state index contributed by atoms with van der Waals surface area (Å²) in [6.07, 6.45) is 2.10. The van der Waals surface area contributed by atoms with E-state index in [9.17, 15) is 4.79 Å². The minimum Gasteiger partial charge on any atom is -0.380 e. The van der Waals surface area contributed by atoms with E-state index in [1.54, 1.807) is 29.7 Å². The highest BCUT2D eigenvalue weighted by atomic mass is 127. The van der Waals surface area contributed by atoms with E-state index in [0.29, 0.717) is 0 Å². The second-order valence-corrected chi connectivity index (χ2v) is 3.73. The molecular weight excluding hydrogens is 269 g/mol. The van der Waals surface area contributed by atoms with Gasteiger partial charge in [-0.25, -0.2) is 0 Å². The molecule has 0 bridgehead atoms. The third-order valence-corrected chi connectivity index (χ3v) is 2.15. The molecule has 0 aromatic heterocycles. The van der Waals surface area contributed by atoms with Crippen LogP contribution < -0.4 is 5.32 Å². The predicted molar refractivity (Wildman–Crippen MR) is 57.7 cm³/mol. The topological polar surface area (TPSA) is 38.3 Å². The minimum absolute atomic E-state index is 0.0186. The number of amides is 1. The van der Waals surface area contributed by atoms with Crippen LogP contribution in [0.4, 0.5) is 4.79 Å². The van der Waals surface area contributed by atoms with Crippen LogP contribution in [0.5, 0.6) is 0 Å². The summed E-state index contributed by atoms with van der Waals surface area (Å²) in [4.78, 5) is 10.8. The Bertz CT molecular complexity index is 141. The van der Waals surface area contributed by atoms with E-state index in [1.165, 1.54) is 0 Å². The number of hydrogen-bond acceptors (Lipinski definition) is 2. The summed E-state index contributed by atoms with van der Waals surface area (Å²) < 4.78 is 5.13. The summed E-state index contributed by atoms with van der Waals surface area (Å²) in [6.45, 7) is 4.06. The smallest absolute Gasteiger partial charge is 0.280 e. The van der Waals surface area contributed by atoms with Crippen molar-refractivity contribution in [1.29, 1.82) is 0 Å². The Kier molecular flexibility index (Phi) is 6.74. The number of nitrogens with one attached hydrogen (secondary N) is 1. The van der Waals surface area contributed by atoms with Crippen molar-refractivity contribution < 1.29 is 9.53 Å². The Morgan fingerprint density at radius 2 is 2.25 bits per heavy atom. The lowest BCUT2D eigenvalue weighted by Gasteiger charge is -2.22. The highest BCUT2D eigenvalue weighted by molar-refractivity contribution is 14.1. The maximum Gasteiger partial charge on any atom is 0.280 e. The van der Waals surface area contributed by atoms with Crippen LogP contribution in [0.1, 0.15) is 26.7 Å². The summed E-state index contributed by atoms with van der Waals surface area (Å²) in [6, 6.07) is 0.143. The fourth-order valence-corrected chi connectivity index (χ4v) is 1.45. The molecule has 1 N–H and O–H groups in total. The highest BCUT2D eigenvalue weighted by Crippen LogP contribution is 2.06. The van der Waals surface area contributed by atoms with Crippen LogP contribution in [0.15, 0.2) is 0 Å². The average Bonchev–Trinajstić information content (AvgIpc) is 2.01. The number of halogens is 1. The van der Waals surface area contributed by atoms with Gasteiger partial charge in [-0.2, -0.15) is 0 Å². The number of carbonyl (C=O) groups is 1. The number of carbonyl (C=O) groups excluding carboxylic acids is 1. The van der Waals surface area contributed by atoms with Crippen LogP contribution in [0.3, 0.4) is 0 Å². The van der Waals surface area contributed by atoms with E-state index >= 15 is 0 Å². The van der Waals surface area contributed by atoms with Crippen molar-refractivity contribution in [2.45, 2.75) is 38.8 Å². The molecule has 0 saturated carbocycles. The lowest BCUT2D eigenvalue weighted by Crippen LogP contribution is -2.40. The quantitative estimate of drug-likeness (QED) is 0.478. The van der Waals surface area contributed by atoms with Crippen molar-refractivity contribution in [1.82, 2.24) is 5.32 Å². The van der Waals surface area contributed by atoms with Gasteiger partial charge < -0.3 is 10.1 Å². The number of rotatable bonds is 5. The lowest BCUT2D eigenvalue weighted by molar-refractivity contribution is 0.0842. The highest BCUT2D eigenvalue weighted by Gasteiger charge is 2.16. The van der Waals surface area contributed by atoms with E-state index in [1.807, 2.05) is 6.92 Å². The molecule has 0 radical (unpaired) electrons. The van der Waals surface area contributed by atoms with Crippen LogP contribution >= 0.6 is 22.6 Å². The first-order valence-corrected chi connectivity index (χ1v) is 5.18. The molecule has 0 fully saturated rings. The van der Waals surface area contributed by atoms with Gasteiger partial charge in [0.2, 0.25) is 0 Å². The van der Waals surface area contributed by atoms with E-state index in [2.05, 4.69) is 12.2 Å². The van der Waals surface area contributed by atoms with E-state index in [0.717, 1.165) is 12.8 Å². The SMILES string of the molecule is CCC[C@@H](NC(=O)I)[C@@H](C)OC. The molecule has 2 atom stereocenters. The first kappa shape index (κ1) is 12.2. The summed E-state index contributed by atoms with van der Waals surface area (Å²) >= 11 is 1.74. The molecule has 0 aliphatic heterocycles. The Hall–Kier alpha value is 0.160. The van der Waals surface area contributed by atoms with Gasteiger partial charge in [0.15, 0.2) is 0 Å². The number of hydrogen-bond donors (Lipinski definition) is 1. The van der Waals surface area contributed by atoms with Gasteiger partial charge in [-0.05, 0) is 13.3 Å². The zero-order chi connectivity index (χ0) is 9.56. The van der Waals surface area contributed by atoms with Gasteiger partial charge in [-0.1, -0.05) is 13.3 Å². The second kappa shape index (κ2) is 6.65. The van der Waals surface area contributed by atoms with Gasteiger partial charge in [-0.15, -0.1) is 0 Å². The molecule has 0 rings (SSSR count). The number of methoxy groups -OCH3 is 1. The van der Waals surface area contributed by atoms with Gasteiger partial charge in [0.25, 0.3) is 3.91 Å². The molecule has 0 aromatic rings. The molecule has 0 aromatic carbocycles. The Labute approximate surface area is 87.4 Å². The summed E-state index contributed by atoms with van der Waals surface area (Å²) in [5, 5.41) is 2.85. The zero-order valence-electron chi connectivity index (χ0n) is 7.76. The van der Waals surface area contributed by atoms with Crippen LogP contribution in [0, 0.1) is 0 Å². The lowest BCUT2D eigenvalue weighted by atomic mass is 10.1. The first-order valence-electron chi connectivity index (χ1n) is 4.10. The summed E-state index contributed by atoms with van der Waals surface area (Å²) in [7, 11) is 1.66. The molecule has 1 amide bonds. The van der Waals surface area contributed by atoms with E-state index in [-0.39, 0.29) is 16.1 Å². The molecule has 0 spiro atoms. The number of ether oxygens (including phenoxy) is 1. The van der Waals surface area contributed by atoms with Crippen molar-refractivity contribution in [3.05, 3.63) is 0 Å². The van der Waals surface area contributed by atoms with Crippen LogP contribution in [0.25, 0.3) is 0 Å². The minimum atomic E-state index is -0.0186. The van der Waals surface area contributed by atoms with Crippen LogP contribution in [0.2, 0.25) is 0 Å². The van der Waals surface area contributed by atoms with Gasteiger partial charge in [0.05, 0.1) is 12.1 Å². The Morgan fingerprint density at radius 1 is 1.67 bits per heavy atom. The average molecular weight is 285 g/mol. The van der Waals surface area contributed by atoms with Gasteiger partial charge in [-0.3, -0.25) is 4.79 Å². The molecule has 3 nitrogen and oxygen atoms in total. The van der Waals surface area contributed by atoms with Crippen molar-refractivity contribution in [3.63, 3.8) is 0 Å².